The Morgan fingerprint density at radius 2 is 1.95 bits per heavy atom. The first-order chi connectivity index (χ1) is 10.2. The van der Waals surface area contributed by atoms with E-state index in [1.807, 2.05) is 20.8 Å². The average Bonchev–Trinajstić information content (AvgIpc) is 2.40. The number of H-pyrrole nitrogens is 1. The van der Waals surface area contributed by atoms with Crippen molar-refractivity contribution >= 4 is 5.97 Å². The van der Waals surface area contributed by atoms with Gasteiger partial charge in [-0.2, -0.15) is 0 Å². The van der Waals surface area contributed by atoms with Gasteiger partial charge in [-0.05, 0) is 25.2 Å². The molecule has 1 aromatic rings. The molecule has 1 rings (SSSR count). The number of aromatic amines is 1. The molecule has 0 aliphatic carbocycles. The number of hydrogen-bond acceptors (Lipinski definition) is 4. The van der Waals surface area contributed by atoms with Gasteiger partial charge in [0, 0.05) is 12.3 Å². The monoisotopic (exact) mass is 310 g/mol. The van der Waals surface area contributed by atoms with E-state index >= 15 is 0 Å². The lowest BCUT2D eigenvalue weighted by Crippen LogP contribution is -2.39. The Kier molecular flexibility index (Phi) is 6.14. The van der Waals surface area contributed by atoms with E-state index in [4.69, 9.17) is 4.74 Å². The minimum Gasteiger partial charge on any atom is -0.463 e. The lowest BCUT2D eigenvalue weighted by atomic mass is 9.73. The Bertz CT molecular complexity index is 587. The molecule has 0 aliphatic heterocycles. The first-order valence-corrected chi connectivity index (χ1v) is 7.64. The molecule has 22 heavy (non-hydrogen) atoms. The number of ether oxygens (including phenoxy) is 1. The van der Waals surface area contributed by atoms with Crippen molar-refractivity contribution < 1.29 is 9.53 Å². The highest BCUT2D eigenvalue weighted by atomic mass is 16.5. The number of rotatable bonds is 7. The third kappa shape index (κ3) is 4.32. The third-order valence-corrected chi connectivity index (χ3v) is 4.06. The van der Waals surface area contributed by atoms with Gasteiger partial charge in [0.1, 0.15) is 6.61 Å². The molecule has 1 N–H and O–H groups in total. The fraction of sp³-hybridized carbons (Fsp3) is 0.688. The summed E-state index contributed by atoms with van der Waals surface area (Å²) >= 11 is 0. The van der Waals surface area contributed by atoms with Crippen molar-refractivity contribution in [2.24, 2.45) is 17.3 Å². The second-order valence-electron chi connectivity index (χ2n) is 6.58. The summed E-state index contributed by atoms with van der Waals surface area (Å²) in [5.41, 5.74) is -1.48. The highest BCUT2D eigenvalue weighted by molar-refractivity contribution is 5.76. The van der Waals surface area contributed by atoms with Gasteiger partial charge in [0.2, 0.25) is 0 Å². The first-order valence-electron chi connectivity index (χ1n) is 7.64. The van der Waals surface area contributed by atoms with Gasteiger partial charge in [0.25, 0.3) is 5.56 Å². The van der Waals surface area contributed by atoms with Crippen LogP contribution >= 0.6 is 0 Å². The van der Waals surface area contributed by atoms with Gasteiger partial charge in [-0.25, -0.2) is 4.79 Å². The largest absolute Gasteiger partial charge is 0.463 e. The van der Waals surface area contributed by atoms with Crippen LogP contribution in [0, 0.1) is 17.3 Å². The van der Waals surface area contributed by atoms with Crippen LogP contribution in [-0.4, -0.2) is 22.1 Å². The number of carbonyl (C=O) groups is 1. The van der Waals surface area contributed by atoms with Crippen molar-refractivity contribution in [3.63, 3.8) is 0 Å². The third-order valence-electron chi connectivity index (χ3n) is 4.06. The van der Waals surface area contributed by atoms with Crippen LogP contribution in [-0.2, 0) is 16.1 Å². The average molecular weight is 310 g/mol. The summed E-state index contributed by atoms with van der Waals surface area (Å²) in [5, 5.41) is 0. The van der Waals surface area contributed by atoms with E-state index in [-0.39, 0.29) is 25.0 Å². The van der Waals surface area contributed by atoms with Crippen LogP contribution in [0.15, 0.2) is 21.9 Å². The zero-order valence-electron chi connectivity index (χ0n) is 14.0. The van der Waals surface area contributed by atoms with Crippen LogP contribution in [0.4, 0.5) is 0 Å². The standard InChI is InChI=1S/C16H26N2O4/c1-11(2)10-16(5,12(3)4)14(20)22-9-8-18-13(19)6-7-17-15(18)21/h6-7,11-12H,8-10H2,1-5H3,(H,17,21). The molecule has 0 saturated carbocycles. The van der Waals surface area contributed by atoms with Gasteiger partial charge >= 0.3 is 11.7 Å². The van der Waals surface area contributed by atoms with Crippen molar-refractivity contribution in [2.75, 3.05) is 6.61 Å². The molecule has 0 aromatic carbocycles. The molecule has 0 spiro atoms. The second kappa shape index (κ2) is 7.42. The van der Waals surface area contributed by atoms with E-state index < -0.39 is 16.7 Å². The van der Waals surface area contributed by atoms with Gasteiger partial charge < -0.3 is 9.72 Å². The zero-order valence-corrected chi connectivity index (χ0v) is 14.0. The Labute approximate surface area is 130 Å². The lowest BCUT2D eigenvalue weighted by molar-refractivity contribution is -0.159. The topological polar surface area (TPSA) is 81.2 Å². The van der Waals surface area contributed by atoms with Crippen molar-refractivity contribution in [1.29, 1.82) is 0 Å². The normalized spacial score (nSPS) is 14.1. The lowest BCUT2D eigenvalue weighted by Gasteiger charge is -2.32. The van der Waals surface area contributed by atoms with Gasteiger partial charge in [0.15, 0.2) is 0 Å². The van der Waals surface area contributed by atoms with Gasteiger partial charge in [-0.1, -0.05) is 27.7 Å². The van der Waals surface area contributed by atoms with Gasteiger partial charge in [0.05, 0.1) is 12.0 Å². The first kappa shape index (κ1) is 18.2. The van der Waals surface area contributed by atoms with Crippen molar-refractivity contribution in [3.8, 4) is 0 Å². The van der Waals surface area contributed by atoms with Crippen LogP contribution < -0.4 is 11.2 Å². The molecule has 0 radical (unpaired) electrons. The SMILES string of the molecule is CC(C)CC(C)(C(=O)OCCn1c(=O)cc[nH]c1=O)C(C)C. The summed E-state index contributed by atoms with van der Waals surface area (Å²) in [6, 6.07) is 1.26. The molecular weight excluding hydrogens is 284 g/mol. The van der Waals surface area contributed by atoms with Gasteiger partial charge in [-0.15, -0.1) is 0 Å². The predicted molar refractivity (Wildman–Crippen MR) is 84.7 cm³/mol. The number of hydrogen-bond donors (Lipinski definition) is 1. The molecule has 0 bridgehead atoms. The number of esters is 1. The quantitative estimate of drug-likeness (QED) is 0.779. The Balaban J connectivity index is 2.72. The van der Waals surface area contributed by atoms with Crippen molar-refractivity contribution in [3.05, 3.63) is 33.1 Å². The fourth-order valence-corrected chi connectivity index (χ4v) is 2.46. The Morgan fingerprint density at radius 1 is 1.32 bits per heavy atom. The number of aromatic nitrogens is 2. The van der Waals surface area contributed by atoms with E-state index in [1.165, 1.54) is 12.3 Å². The molecule has 1 heterocycles. The van der Waals surface area contributed by atoms with Crippen LogP contribution in [0.3, 0.4) is 0 Å². The highest BCUT2D eigenvalue weighted by Crippen LogP contribution is 2.35. The summed E-state index contributed by atoms with van der Waals surface area (Å²) in [6.45, 7) is 10.1. The highest BCUT2D eigenvalue weighted by Gasteiger charge is 2.38. The summed E-state index contributed by atoms with van der Waals surface area (Å²) in [5.74, 6) is 0.237. The molecule has 124 valence electrons. The Hall–Kier alpha value is -1.85. The molecule has 0 fully saturated rings. The summed E-state index contributed by atoms with van der Waals surface area (Å²) in [7, 11) is 0. The number of carbonyl (C=O) groups excluding carboxylic acids is 1. The fourth-order valence-electron chi connectivity index (χ4n) is 2.46. The summed E-state index contributed by atoms with van der Waals surface area (Å²) in [4.78, 5) is 37.9. The van der Waals surface area contributed by atoms with Crippen LogP contribution in [0.2, 0.25) is 0 Å². The van der Waals surface area contributed by atoms with Crippen molar-refractivity contribution in [1.82, 2.24) is 9.55 Å². The van der Waals surface area contributed by atoms with E-state index in [2.05, 4.69) is 18.8 Å². The van der Waals surface area contributed by atoms with Crippen LogP contribution in [0.1, 0.15) is 41.0 Å². The molecule has 1 aromatic heterocycles. The molecule has 0 saturated heterocycles. The molecule has 6 heteroatoms. The molecule has 0 aliphatic rings. The maximum atomic E-state index is 12.4. The second-order valence-corrected chi connectivity index (χ2v) is 6.58. The maximum absolute atomic E-state index is 12.4. The van der Waals surface area contributed by atoms with Crippen LogP contribution in [0.25, 0.3) is 0 Å². The molecule has 1 atom stereocenters. The van der Waals surface area contributed by atoms with E-state index in [9.17, 15) is 14.4 Å². The van der Waals surface area contributed by atoms with Gasteiger partial charge in [-0.3, -0.25) is 14.2 Å². The minimum absolute atomic E-state index is 0.00619. The Morgan fingerprint density at radius 3 is 2.45 bits per heavy atom. The van der Waals surface area contributed by atoms with Crippen LogP contribution in [0.5, 0.6) is 0 Å². The van der Waals surface area contributed by atoms with Crippen molar-refractivity contribution in [2.45, 2.75) is 47.6 Å². The molecule has 0 amide bonds. The molecule has 6 nitrogen and oxygen atoms in total. The number of nitrogens with zero attached hydrogens (tertiary/aromatic N) is 1. The summed E-state index contributed by atoms with van der Waals surface area (Å²) < 4.78 is 6.35. The molecule has 1 unspecified atom stereocenters. The van der Waals surface area contributed by atoms with E-state index in [0.29, 0.717) is 5.92 Å². The smallest absolute Gasteiger partial charge is 0.328 e. The van der Waals surface area contributed by atoms with E-state index in [0.717, 1.165) is 11.0 Å². The predicted octanol–water partition coefficient (Wildman–Crippen LogP) is 1.79. The molecular formula is C16H26N2O4. The minimum atomic E-state index is -0.567. The summed E-state index contributed by atoms with van der Waals surface area (Å²) in [6.07, 6.45) is 2.03. The maximum Gasteiger partial charge on any atom is 0.328 e. The zero-order chi connectivity index (χ0) is 16.9. The van der Waals surface area contributed by atoms with E-state index in [1.54, 1.807) is 0 Å². The number of nitrogens with one attached hydrogen (secondary N) is 1.